The summed E-state index contributed by atoms with van der Waals surface area (Å²) in [5.74, 6) is 0.456. The Kier molecular flexibility index (Phi) is 5.37. The summed E-state index contributed by atoms with van der Waals surface area (Å²) in [6.45, 7) is 3.98. The van der Waals surface area contributed by atoms with E-state index in [1.54, 1.807) is 22.8 Å². The first-order chi connectivity index (χ1) is 14.4. The van der Waals surface area contributed by atoms with Gasteiger partial charge < -0.3 is 0 Å². The SMILES string of the molecule is Cc1cc(C)cc(-n2c(SCc3cccc([N+](=O)[O-])c3)nc3ccccc3c2=O)c1. The molecule has 0 aliphatic heterocycles. The maximum Gasteiger partial charge on any atom is 0.269 e. The molecule has 4 aromatic rings. The number of nitro benzene ring substituents is 1. The fraction of sp³-hybridized carbons (Fsp3) is 0.130. The standard InChI is InChI=1S/C23H19N3O3S/c1-15-10-16(2)12-19(11-15)25-22(27)20-8-3-4-9-21(20)24-23(25)30-14-17-6-5-7-18(13-17)26(28)29/h3-13H,14H2,1-2H3. The van der Waals surface area contributed by atoms with E-state index >= 15 is 0 Å². The first-order valence-corrected chi connectivity index (χ1v) is 10.4. The van der Waals surface area contributed by atoms with E-state index in [1.165, 1.54) is 17.8 Å². The fourth-order valence-electron chi connectivity index (χ4n) is 3.42. The Morgan fingerprint density at radius 1 is 1.00 bits per heavy atom. The number of aryl methyl sites for hydroxylation is 2. The van der Waals surface area contributed by atoms with Crippen LogP contribution in [0.15, 0.2) is 76.7 Å². The van der Waals surface area contributed by atoms with Gasteiger partial charge in [-0.25, -0.2) is 4.98 Å². The Labute approximate surface area is 177 Å². The van der Waals surface area contributed by atoms with Crippen molar-refractivity contribution >= 4 is 28.4 Å². The minimum absolute atomic E-state index is 0.0475. The van der Waals surface area contributed by atoms with Crippen molar-refractivity contribution in [3.8, 4) is 5.69 Å². The van der Waals surface area contributed by atoms with Crippen LogP contribution in [0.3, 0.4) is 0 Å². The molecule has 7 heteroatoms. The first-order valence-electron chi connectivity index (χ1n) is 9.39. The normalized spacial score (nSPS) is 11.0. The Bertz CT molecular complexity index is 1310. The zero-order valence-electron chi connectivity index (χ0n) is 16.5. The number of benzene rings is 3. The zero-order chi connectivity index (χ0) is 21.3. The molecule has 6 nitrogen and oxygen atoms in total. The van der Waals surface area contributed by atoms with Gasteiger partial charge in [0, 0.05) is 17.9 Å². The molecular formula is C23H19N3O3S. The lowest BCUT2D eigenvalue weighted by Gasteiger charge is -2.14. The predicted octanol–water partition coefficient (Wildman–Crippen LogP) is 5.20. The molecule has 1 aromatic heterocycles. The van der Waals surface area contributed by atoms with Crippen molar-refractivity contribution in [2.24, 2.45) is 0 Å². The molecule has 0 amide bonds. The van der Waals surface area contributed by atoms with E-state index in [4.69, 9.17) is 4.98 Å². The van der Waals surface area contributed by atoms with Gasteiger partial charge in [-0.3, -0.25) is 19.5 Å². The largest absolute Gasteiger partial charge is 0.269 e. The average Bonchev–Trinajstić information content (AvgIpc) is 2.72. The summed E-state index contributed by atoms with van der Waals surface area (Å²) in [7, 11) is 0. The summed E-state index contributed by atoms with van der Waals surface area (Å²) in [5, 5.41) is 12.2. The van der Waals surface area contributed by atoms with E-state index in [9.17, 15) is 14.9 Å². The van der Waals surface area contributed by atoms with Crippen LogP contribution in [0.1, 0.15) is 16.7 Å². The highest BCUT2D eigenvalue weighted by molar-refractivity contribution is 7.98. The molecule has 0 aliphatic carbocycles. The first kappa shape index (κ1) is 19.8. The van der Waals surface area contributed by atoms with E-state index in [0.29, 0.717) is 21.8 Å². The van der Waals surface area contributed by atoms with Crippen molar-refractivity contribution in [3.05, 3.63) is 104 Å². The molecule has 1 heterocycles. The van der Waals surface area contributed by atoms with Crippen LogP contribution >= 0.6 is 11.8 Å². The molecule has 0 saturated heterocycles. The van der Waals surface area contributed by atoms with E-state index < -0.39 is 4.92 Å². The third-order valence-electron chi connectivity index (χ3n) is 4.70. The van der Waals surface area contributed by atoms with Crippen LogP contribution in [0.5, 0.6) is 0 Å². The van der Waals surface area contributed by atoms with Gasteiger partial charge in [-0.05, 0) is 54.8 Å². The molecule has 3 aromatic carbocycles. The molecule has 0 atom stereocenters. The molecule has 30 heavy (non-hydrogen) atoms. The van der Waals surface area contributed by atoms with E-state index in [2.05, 4.69) is 6.07 Å². The highest BCUT2D eigenvalue weighted by Crippen LogP contribution is 2.26. The molecule has 0 radical (unpaired) electrons. The highest BCUT2D eigenvalue weighted by atomic mass is 32.2. The van der Waals surface area contributed by atoms with Gasteiger partial charge in [0.2, 0.25) is 0 Å². The zero-order valence-corrected chi connectivity index (χ0v) is 17.3. The van der Waals surface area contributed by atoms with Crippen molar-refractivity contribution in [2.75, 3.05) is 0 Å². The summed E-state index contributed by atoms with van der Waals surface area (Å²) in [6, 6.07) is 19.8. The van der Waals surface area contributed by atoms with Gasteiger partial charge in [0.1, 0.15) is 0 Å². The van der Waals surface area contributed by atoms with Crippen molar-refractivity contribution < 1.29 is 4.92 Å². The number of non-ortho nitro benzene ring substituents is 1. The predicted molar refractivity (Wildman–Crippen MR) is 119 cm³/mol. The van der Waals surface area contributed by atoms with Crippen LogP contribution in [0.25, 0.3) is 16.6 Å². The van der Waals surface area contributed by atoms with Gasteiger partial charge in [-0.15, -0.1) is 0 Å². The number of aromatic nitrogens is 2. The van der Waals surface area contributed by atoms with Crippen molar-refractivity contribution in [2.45, 2.75) is 24.8 Å². The molecule has 0 aliphatic rings. The summed E-state index contributed by atoms with van der Waals surface area (Å²) >= 11 is 1.39. The third-order valence-corrected chi connectivity index (χ3v) is 5.71. The van der Waals surface area contributed by atoms with Gasteiger partial charge in [0.25, 0.3) is 11.2 Å². The highest BCUT2D eigenvalue weighted by Gasteiger charge is 2.15. The van der Waals surface area contributed by atoms with Crippen LogP contribution in [-0.2, 0) is 5.75 Å². The van der Waals surface area contributed by atoms with Crippen LogP contribution in [0.2, 0.25) is 0 Å². The average molecular weight is 417 g/mol. The second-order valence-electron chi connectivity index (χ2n) is 7.11. The fourth-order valence-corrected chi connectivity index (χ4v) is 4.38. The summed E-state index contributed by atoms with van der Waals surface area (Å²) in [6.07, 6.45) is 0. The molecule has 0 spiro atoms. The number of thioether (sulfide) groups is 1. The van der Waals surface area contributed by atoms with Gasteiger partial charge in [0.15, 0.2) is 5.16 Å². The van der Waals surface area contributed by atoms with E-state index in [0.717, 1.165) is 22.4 Å². The van der Waals surface area contributed by atoms with Gasteiger partial charge in [0.05, 0.1) is 21.5 Å². The number of hydrogen-bond acceptors (Lipinski definition) is 5. The topological polar surface area (TPSA) is 78.0 Å². The summed E-state index contributed by atoms with van der Waals surface area (Å²) in [5.41, 5.74) is 4.21. The van der Waals surface area contributed by atoms with Crippen LogP contribution in [0, 0.1) is 24.0 Å². The van der Waals surface area contributed by atoms with Crippen LogP contribution < -0.4 is 5.56 Å². The molecule has 0 bridgehead atoms. The molecular weight excluding hydrogens is 398 g/mol. The quantitative estimate of drug-likeness (QED) is 0.193. The molecule has 150 valence electrons. The molecule has 0 N–H and O–H groups in total. The summed E-state index contributed by atoms with van der Waals surface area (Å²) in [4.78, 5) is 28.7. The molecule has 0 saturated carbocycles. The number of hydrogen-bond donors (Lipinski definition) is 0. The molecule has 0 fully saturated rings. The van der Waals surface area contributed by atoms with E-state index in [-0.39, 0.29) is 11.2 Å². The van der Waals surface area contributed by atoms with Gasteiger partial charge in [-0.2, -0.15) is 0 Å². The maximum atomic E-state index is 13.3. The summed E-state index contributed by atoms with van der Waals surface area (Å²) < 4.78 is 1.63. The molecule has 4 rings (SSSR count). The monoisotopic (exact) mass is 417 g/mol. The second kappa shape index (κ2) is 8.12. The number of fused-ring (bicyclic) bond motifs is 1. The Morgan fingerprint density at radius 3 is 2.47 bits per heavy atom. The Hall–Kier alpha value is -3.45. The van der Waals surface area contributed by atoms with Crippen molar-refractivity contribution in [3.63, 3.8) is 0 Å². The van der Waals surface area contributed by atoms with Gasteiger partial charge in [-0.1, -0.05) is 42.1 Å². The van der Waals surface area contributed by atoms with Gasteiger partial charge >= 0.3 is 0 Å². The lowest BCUT2D eigenvalue weighted by atomic mass is 10.1. The van der Waals surface area contributed by atoms with E-state index in [1.807, 2.05) is 50.2 Å². The maximum absolute atomic E-state index is 13.3. The minimum Gasteiger partial charge on any atom is -0.268 e. The number of rotatable bonds is 5. The van der Waals surface area contributed by atoms with Crippen molar-refractivity contribution in [1.82, 2.24) is 9.55 Å². The number of para-hydroxylation sites is 1. The smallest absolute Gasteiger partial charge is 0.268 e. The second-order valence-corrected chi connectivity index (χ2v) is 8.06. The number of nitro groups is 1. The minimum atomic E-state index is -0.409. The third kappa shape index (κ3) is 3.97. The molecule has 0 unspecified atom stereocenters. The Balaban J connectivity index is 1.83. The van der Waals surface area contributed by atoms with Crippen LogP contribution in [-0.4, -0.2) is 14.5 Å². The van der Waals surface area contributed by atoms with Crippen LogP contribution in [0.4, 0.5) is 5.69 Å². The number of nitrogens with zero attached hydrogens (tertiary/aromatic N) is 3. The Morgan fingerprint density at radius 2 is 1.73 bits per heavy atom. The lowest BCUT2D eigenvalue weighted by molar-refractivity contribution is -0.384. The van der Waals surface area contributed by atoms with Crippen molar-refractivity contribution in [1.29, 1.82) is 0 Å². The lowest BCUT2D eigenvalue weighted by Crippen LogP contribution is -2.22.